The van der Waals surface area contributed by atoms with Crippen molar-refractivity contribution < 1.29 is 0 Å². The van der Waals surface area contributed by atoms with Crippen LogP contribution in [0.2, 0.25) is 0 Å². The predicted octanol–water partition coefficient (Wildman–Crippen LogP) is 10.4. The molecule has 1 aromatic rings. The zero-order chi connectivity index (χ0) is 23.1. The largest absolute Gasteiger partial charge is 0.348 e. The van der Waals surface area contributed by atoms with Crippen LogP contribution in [0.1, 0.15) is 167 Å². The fraction of sp³-hybridized carbons (Fsp3) is 0.900. The lowest BCUT2D eigenvalue weighted by atomic mass is 9.96. The van der Waals surface area contributed by atoms with E-state index in [-0.39, 0.29) is 0 Å². The Labute approximate surface area is 202 Å². The lowest BCUT2D eigenvalue weighted by molar-refractivity contribution is 0.473. The molecule has 0 aromatic carbocycles. The van der Waals surface area contributed by atoms with Gasteiger partial charge in [-0.25, -0.2) is 4.98 Å². The zero-order valence-corrected chi connectivity index (χ0v) is 22.4. The van der Waals surface area contributed by atoms with Crippen LogP contribution < -0.4 is 0 Å². The van der Waals surface area contributed by atoms with Crippen molar-refractivity contribution in [3.8, 4) is 0 Å². The standard InChI is InChI=1S/C30H58N2/c1-4-6-8-10-12-14-15-17-19-21-23-25-29-30(32-27-31-29)26-28(3)24-22-20-18-16-13-11-9-7-5-2/h27-28H,4-26H2,1-3H3,(H,31,32). The molecule has 0 saturated heterocycles. The number of hydrogen-bond acceptors (Lipinski definition) is 1. The molecule has 0 aliphatic rings. The molecule has 0 spiro atoms. The van der Waals surface area contributed by atoms with E-state index in [0.717, 1.165) is 12.3 Å². The zero-order valence-electron chi connectivity index (χ0n) is 22.4. The summed E-state index contributed by atoms with van der Waals surface area (Å²) >= 11 is 0. The topological polar surface area (TPSA) is 28.7 Å². The fourth-order valence-corrected chi connectivity index (χ4v) is 4.94. The summed E-state index contributed by atoms with van der Waals surface area (Å²) < 4.78 is 0. The van der Waals surface area contributed by atoms with E-state index in [1.165, 1.54) is 153 Å². The van der Waals surface area contributed by atoms with Crippen LogP contribution in [0.4, 0.5) is 0 Å². The number of nitrogens with zero attached hydrogens (tertiary/aromatic N) is 1. The molecule has 0 radical (unpaired) electrons. The van der Waals surface area contributed by atoms with Crippen molar-refractivity contribution in [2.75, 3.05) is 0 Å². The van der Waals surface area contributed by atoms with Gasteiger partial charge in [0.25, 0.3) is 0 Å². The van der Waals surface area contributed by atoms with Crippen LogP contribution >= 0.6 is 0 Å². The van der Waals surface area contributed by atoms with E-state index >= 15 is 0 Å². The highest BCUT2D eigenvalue weighted by Crippen LogP contribution is 2.19. The van der Waals surface area contributed by atoms with Crippen LogP contribution in [-0.4, -0.2) is 9.97 Å². The average Bonchev–Trinajstić information content (AvgIpc) is 3.23. The summed E-state index contributed by atoms with van der Waals surface area (Å²) in [7, 11) is 0. The maximum absolute atomic E-state index is 4.66. The van der Waals surface area contributed by atoms with Crippen molar-refractivity contribution in [1.29, 1.82) is 0 Å². The van der Waals surface area contributed by atoms with Crippen molar-refractivity contribution in [3.05, 3.63) is 17.7 Å². The van der Waals surface area contributed by atoms with E-state index < -0.39 is 0 Å². The molecule has 188 valence electrons. The smallest absolute Gasteiger partial charge is 0.0925 e. The van der Waals surface area contributed by atoms with Gasteiger partial charge in [-0.15, -0.1) is 0 Å². The number of H-pyrrole nitrogens is 1. The van der Waals surface area contributed by atoms with Crippen molar-refractivity contribution >= 4 is 0 Å². The highest BCUT2D eigenvalue weighted by molar-refractivity contribution is 5.11. The Morgan fingerprint density at radius 1 is 0.625 bits per heavy atom. The second-order valence-corrected chi connectivity index (χ2v) is 10.5. The third kappa shape index (κ3) is 16.8. The number of aryl methyl sites for hydroxylation is 1. The first-order valence-corrected chi connectivity index (χ1v) is 14.8. The van der Waals surface area contributed by atoms with E-state index in [4.69, 9.17) is 0 Å². The third-order valence-electron chi connectivity index (χ3n) is 7.18. The molecule has 2 nitrogen and oxygen atoms in total. The number of aromatic amines is 1. The third-order valence-corrected chi connectivity index (χ3v) is 7.18. The van der Waals surface area contributed by atoms with Crippen molar-refractivity contribution in [3.63, 3.8) is 0 Å². The summed E-state index contributed by atoms with van der Waals surface area (Å²) in [5, 5.41) is 0. The van der Waals surface area contributed by atoms with Crippen LogP contribution in [0.3, 0.4) is 0 Å². The van der Waals surface area contributed by atoms with Crippen LogP contribution in [0.15, 0.2) is 6.33 Å². The minimum absolute atomic E-state index is 0.763. The highest BCUT2D eigenvalue weighted by Gasteiger charge is 2.10. The van der Waals surface area contributed by atoms with Crippen molar-refractivity contribution in [2.45, 2.75) is 168 Å². The van der Waals surface area contributed by atoms with Gasteiger partial charge in [-0.2, -0.15) is 0 Å². The van der Waals surface area contributed by atoms with E-state index in [1.54, 1.807) is 0 Å². The van der Waals surface area contributed by atoms with Gasteiger partial charge >= 0.3 is 0 Å². The maximum atomic E-state index is 4.66. The predicted molar refractivity (Wildman–Crippen MR) is 143 cm³/mol. The summed E-state index contributed by atoms with van der Waals surface area (Å²) in [6, 6.07) is 0. The van der Waals surface area contributed by atoms with Crippen molar-refractivity contribution in [1.82, 2.24) is 9.97 Å². The van der Waals surface area contributed by atoms with Crippen LogP contribution in [-0.2, 0) is 12.8 Å². The normalized spacial score (nSPS) is 12.5. The van der Waals surface area contributed by atoms with Gasteiger partial charge in [0, 0.05) is 5.69 Å². The van der Waals surface area contributed by atoms with Crippen LogP contribution in [0, 0.1) is 5.92 Å². The fourth-order valence-electron chi connectivity index (χ4n) is 4.94. The first kappa shape index (κ1) is 29.2. The molecular weight excluding hydrogens is 388 g/mol. The summed E-state index contributed by atoms with van der Waals surface area (Å²) in [6.45, 7) is 7.02. The second-order valence-electron chi connectivity index (χ2n) is 10.5. The van der Waals surface area contributed by atoms with E-state index in [2.05, 4.69) is 30.7 Å². The lowest BCUT2D eigenvalue weighted by Gasteiger charge is -2.11. The minimum atomic E-state index is 0.763. The average molecular weight is 447 g/mol. The van der Waals surface area contributed by atoms with E-state index in [1.807, 2.05) is 6.33 Å². The SMILES string of the molecule is CCCCCCCCCCCCCc1[nH]cnc1CC(C)CCCCCCCCCCC. The second kappa shape index (κ2) is 22.0. The summed E-state index contributed by atoms with van der Waals surface area (Å²) in [4.78, 5) is 8.10. The summed E-state index contributed by atoms with van der Waals surface area (Å²) in [5.74, 6) is 0.763. The number of hydrogen-bond donors (Lipinski definition) is 1. The molecule has 1 N–H and O–H groups in total. The summed E-state index contributed by atoms with van der Waals surface area (Å²) in [5.41, 5.74) is 2.76. The Kier molecular flexibility index (Phi) is 20.1. The molecule has 0 bridgehead atoms. The van der Waals surface area contributed by atoms with Gasteiger partial charge in [0.15, 0.2) is 0 Å². The monoisotopic (exact) mass is 446 g/mol. The van der Waals surface area contributed by atoms with Crippen LogP contribution in [0.5, 0.6) is 0 Å². The van der Waals surface area contributed by atoms with E-state index in [0.29, 0.717) is 0 Å². The number of aromatic nitrogens is 2. The lowest BCUT2D eigenvalue weighted by Crippen LogP contribution is -2.03. The Morgan fingerprint density at radius 2 is 1.06 bits per heavy atom. The molecular formula is C30H58N2. The first-order chi connectivity index (χ1) is 15.8. The van der Waals surface area contributed by atoms with Crippen molar-refractivity contribution in [2.24, 2.45) is 5.92 Å². The number of imidazole rings is 1. The summed E-state index contributed by atoms with van der Waals surface area (Å²) in [6.07, 6.45) is 34.0. The molecule has 1 aromatic heterocycles. The van der Waals surface area contributed by atoms with Gasteiger partial charge in [-0.3, -0.25) is 0 Å². The van der Waals surface area contributed by atoms with Gasteiger partial charge in [0.05, 0.1) is 12.0 Å². The number of nitrogens with one attached hydrogen (secondary N) is 1. The number of unbranched alkanes of at least 4 members (excludes halogenated alkanes) is 18. The Hall–Kier alpha value is -0.790. The number of rotatable bonds is 24. The van der Waals surface area contributed by atoms with Gasteiger partial charge < -0.3 is 4.98 Å². The molecule has 2 heteroatoms. The molecule has 1 unspecified atom stereocenters. The molecule has 0 aliphatic heterocycles. The first-order valence-electron chi connectivity index (χ1n) is 14.8. The maximum Gasteiger partial charge on any atom is 0.0925 e. The molecule has 0 fully saturated rings. The Bertz CT molecular complexity index is 493. The Morgan fingerprint density at radius 3 is 1.56 bits per heavy atom. The van der Waals surface area contributed by atoms with E-state index in [9.17, 15) is 0 Å². The molecule has 0 aliphatic carbocycles. The van der Waals surface area contributed by atoms with Gasteiger partial charge in [-0.1, -0.05) is 149 Å². The molecule has 0 saturated carbocycles. The minimum Gasteiger partial charge on any atom is -0.348 e. The molecule has 32 heavy (non-hydrogen) atoms. The Balaban J connectivity index is 1.99. The van der Waals surface area contributed by atoms with Crippen LogP contribution in [0.25, 0.3) is 0 Å². The molecule has 1 heterocycles. The molecule has 0 amide bonds. The van der Waals surface area contributed by atoms with Gasteiger partial charge in [-0.05, 0) is 25.2 Å². The molecule has 1 rings (SSSR count). The van der Waals surface area contributed by atoms with Gasteiger partial charge in [0.1, 0.15) is 0 Å². The van der Waals surface area contributed by atoms with Gasteiger partial charge in [0.2, 0.25) is 0 Å². The molecule has 1 atom stereocenters. The quantitative estimate of drug-likeness (QED) is 0.157. The highest BCUT2D eigenvalue weighted by atomic mass is 14.9.